The smallest absolute Gasteiger partial charge is 0.252 e. The summed E-state index contributed by atoms with van der Waals surface area (Å²) >= 11 is 0. The van der Waals surface area contributed by atoms with Crippen molar-refractivity contribution in [1.82, 2.24) is 4.98 Å². The van der Waals surface area contributed by atoms with Crippen LogP contribution in [0.3, 0.4) is 0 Å². The van der Waals surface area contributed by atoms with E-state index in [2.05, 4.69) is 15.6 Å². The molecule has 136 valence electrons. The molecule has 1 heterocycles. The van der Waals surface area contributed by atoms with Crippen LogP contribution in [-0.2, 0) is 0 Å². The summed E-state index contributed by atoms with van der Waals surface area (Å²) in [6.07, 6.45) is 7.73. The van der Waals surface area contributed by atoms with Crippen LogP contribution in [0.25, 0.3) is 0 Å². The lowest BCUT2D eigenvalue weighted by atomic mass is 9.91. The molecule has 8 nitrogen and oxygen atoms in total. The average Bonchev–Trinajstić information content (AvgIpc) is 2.58. The fraction of sp³-hybridized carbons (Fsp3) is 0.375. The summed E-state index contributed by atoms with van der Waals surface area (Å²) in [6.45, 7) is 0. The second kappa shape index (κ2) is 8.34. The lowest BCUT2D eigenvalue weighted by Gasteiger charge is -2.30. The molecule has 0 aliphatic heterocycles. The number of aromatic nitrogens is 1. The molecule has 1 aliphatic rings. The number of amides is 1. The standard InChI is InChI=1S/C16H24FN7O/c17-11-7-10(14(21)25)15(22-9(8-19)5-6-18)24-16(11)23-13-4-2-1-3-12(13)20/h5-8,12-13H,1-4,18-20H2,(H2,21,25)(H2,22,23,24)/b6-5-,9-8+/t12-,13+/m0/s1. The van der Waals surface area contributed by atoms with Gasteiger partial charge in [0, 0.05) is 18.3 Å². The number of hydrogen-bond acceptors (Lipinski definition) is 7. The van der Waals surface area contributed by atoms with Crippen LogP contribution in [0.5, 0.6) is 0 Å². The molecule has 1 aromatic heterocycles. The number of nitrogens with one attached hydrogen (secondary N) is 2. The SMILES string of the molecule is N/C=C\C(=C/N)Nc1nc(N[C@@H]2CCCC[C@@H]2N)c(F)cc1C(N)=O. The van der Waals surface area contributed by atoms with Crippen molar-refractivity contribution in [2.45, 2.75) is 37.8 Å². The Kier molecular flexibility index (Phi) is 6.18. The fourth-order valence-corrected chi connectivity index (χ4v) is 2.77. The van der Waals surface area contributed by atoms with Gasteiger partial charge in [-0.25, -0.2) is 9.37 Å². The highest BCUT2D eigenvalue weighted by Crippen LogP contribution is 2.25. The summed E-state index contributed by atoms with van der Waals surface area (Å²) in [6, 6.07) is 0.868. The van der Waals surface area contributed by atoms with E-state index in [1.165, 1.54) is 18.5 Å². The monoisotopic (exact) mass is 349 g/mol. The molecule has 0 unspecified atom stereocenters. The molecule has 0 aromatic carbocycles. The summed E-state index contributed by atoms with van der Waals surface area (Å²) in [7, 11) is 0. The summed E-state index contributed by atoms with van der Waals surface area (Å²) in [4.78, 5) is 15.8. The van der Waals surface area contributed by atoms with Gasteiger partial charge in [-0.05, 0) is 31.2 Å². The van der Waals surface area contributed by atoms with Gasteiger partial charge in [0.15, 0.2) is 11.6 Å². The molecule has 1 amide bonds. The zero-order chi connectivity index (χ0) is 18.4. The molecule has 0 saturated heterocycles. The Bertz CT molecular complexity index is 689. The van der Waals surface area contributed by atoms with Crippen LogP contribution in [-0.4, -0.2) is 23.0 Å². The van der Waals surface area contributed by atoms with E-state index in [0.29, 0.717) is 5.70 Å². The minimum absolute atomic E-state index is 0.00273. The zero-order valence-corrected chi connectivity index (χ0v) is 13.8. The summed E-state index contributed by atoms with van der Waals surface area (Å²) in [5, 5.41) is 5.85. The second-order valence-electron chi connectivity index (χ2n) is 5.88. The van der Waals surface area contributed by atoms with Crippen molar-refractivity contribution >= 4 is 17.5 Å². The van der Waals surface area contributed by atoms with Gasteiger partial charge in [-0.3, -0.25) is 4.79 Å². The molecule has 0 spiro atoms. The van der Waals surface area contributed by atoms with Gasteiger partial charge in [0.1, 0.15) is 5.82 Å². The first-order valence-electron chi connectivity index (χ1n) is 8.06. The minimum atomic E-state index is -0.817. The summed E-state index contributed by atoms with van der Waals surface area (Å²) in [5.41, 5.74) is 22.5. The molecule has 9 heteroatoms. The third-order valence-corrected chi connectivity index (χ3v) is 4.10. The van der Waals surface area contributed by atoms with E-state index in [-0.39, 0.29) is 29.3 Å². The van der Waals surface area contributed by atoms with Crippen LogP contribution < -0.4 is 33.6 Å². The average molecular weight is 349 g/mol. The van der Waals surface area contributed by atoms with Gasteiger partial charge < -0.3 is 33.6 Å². The maximum absolute atomic E-state index is 14.4. The second-order valence-corrected chi connectivity index (χ2v) is 5.88. The van der Waals surface area contributed by atoms with Gasteiger partial charge in [-0.1, -0.05) is 12.8 Å². The van der Waals surface area contributed by atoms with Crippen molar-refractivity contribution in [2.75, 3.05) is 10.6 Å². The van der Waals surface area contributed by atoms with Crippen LogP contribution in [0.2, 0.25) is 0 Å². The number of rotatable bonds is 6. The lowest BCUT2D eigenvalue weighted by molar-refractivity contribution is 0.100. The quantitative estimate of drug-likeness (QED) is 0.412. The van der Waals surface area contributed by atoms with Crippen LogP contribution in [0.4, 0.5) is 16.0 Å². The van der Waals surface area contributed by atoms with Gasteiger partial charge in [0.05, 0.1) is 11.3 Å². The molecule has 25 heavy (non-hydrogen) atoms. The Labute approximate surface area is 145 Å². The molecule has 10 N–H and O–H groups in total. The van der Waals surface area contributed by atoms with Gasteiger partial charge in [0.2, 0.25) is 0 Å². The van der Waals surface area contributed by atoms with Crippen LogP contribution in [0.15, 0.2) is 30.2 Å². The normalized spacial score (nSPS) is 21.3. The molecule has 0 bridgehead atoms. The molecular weight excluding hydrogens is 325 g/mol. The van der Waals surface area contributed by atoms with E-state index < -0.39 is 11.7 Å². The van der Waals surface area contributed by atoms with E-state index in [1.54, 1.807) is 0 Å². The maximum atomic E-state index is 14.4. The largest absolute Gasteiger partial charge is 0.405 e. The Morgan fingerprint density at radius 3 is 2.60 bits per heavy atom. The Balaban J connectivity index is 2.34. The molecule has 1 saturated carbocycles. The molecule has 1 fully saturated rings. The first kappa shape index (κ1) is 18.5. The topological polar surface area (TPSA) is 158 Å². The van der Waals surface area contributed by atoms with E-state index in [9.17, 15) is 9.18 Å². The zero-order valence-electron chi connectivity index (χ0n) is 13.8. The first-order valence-corrected chi connectivity index (χ1v) is 8.06. The van der Waals surface area contributed by atoms with Crippen LogP contribution in [0.1, 0.15) is 36.0 Å². The number of primary amides is 1. The van der Waals surface area contributed by atoms with Crippen molar-refractivity contribution in [1.29, 1.82) is 0 Å². The van der Waals surface area contributed by atoms with Crippen molar-refractivity contribution in [3.8, 4) is 0 Å². The van der Waals surface area contributed by atoms with Gasteiger partial charge >= 0.3 is 0 Å². The molecule has 1 aromatic rings. The van der Waals surface area contributed by atoms with Crippen molar-refractivity contribution in [3.63, 3.8) is 0 Å². The summed E-state index contributed by atoms with van der Waals surface area (Å²) < 4.78 is 14.4. The number of anilines is 2. The Hall–Kier alpha value is -2.81. The maximum Gasteiger partial charge on any atom is 0.252 e. The number of hydrogen-bond donors (Lipinski definition) is 6. The summed E-state index contributed by atoms with van der Waals surface area (Å²) in [5.74, 6) is -1.41. The highest BCUT2D eigenvalue weighted by atomic mass is 19.1. The molecule has 2 rings (SSSR count). The first-order chi connectivity index (χ1) is 12.0. The highest BCUT2D eigenvalue weighted by Gasteiger charge is 2.24. The number of carbonyl (C=O) groups is 1. The van der Waals surface area contributed by atoms with E-state index in [1.807, 2.05) is 0 Å². The third-order valence-electron chi connectivity index (χ3n) is 4.10. The number of pyridine rings is 1. The van der Waals surface area contributed by atoms with Crippen LogP contribution >= 0.6 is 0 Å². The minimum Gasteiger partial charge on any atom is -0.405 e. The van der Waals surface area contributed by atoms with E-state index in [4.69, 9.17) is 22.9 Å². The van der Waals surface area contributed by atoms with Gasteiger partial charge in [-0.15, -0.1) is 0 Å². The van der Waals surface area contributed by atoms with Crippen LogP contribution in [0, 0.1) is 5.82 Å². The molecular formula is C16H24FN7O. The number of allylic oxidation sites excluding steroid dienone is 1. The van der Waals surface area contributed by atoms with Gasteiger partial charge in [-0.2, -0.15) is 0 Å². The van der Waals surface area contributed by atoms with E-state index >= 15 is 0 Å². The lowest BCUT2D eigenvalue weighted by Crippen LogP contribution is -2.43. The van der Waals surface area contributed by atoms with Gasteiger partial charge in [0.25, 0.3) is 5.91 Å². The third kappa shape index (κ3) is 4.60. The number of halogens is 1. The Morgan fingerprint density at radius 1 is 1.28 bits per heavy atom. The molecule has 2 atom stereocenters. The number of nitrogens with two attached hydrogens (primary N) is 4. The number of nitrogens with zero attached hydrogens (tertiary/aromatic N) is 1. The van der Waals surface area contributed by atoms with E-state index in [0.717, 1.165) is 31.7 Å². The number of carbonyl (C=O) groups excluding carboxylic acids is 1. The molecule has 1 aliphatic carbocycles. The predicted molar refractivity (Wildman–Crippen MR) is 95.8 cm³/mol. The highest BCUT2D eigenvalue weighted by molar-refractivity contribution is 5.98. The molecule has 0 radical (unpaired) electrons. The van der Waals surface area contributed by atoms with Crippen molar-refractivity contribution in [2.24, 2.45) is 22.9 Å². The van der Waals surface area contributed by atoms with Crippen molar-refractivity contribution in [3.05, 3.63) is 41.6 Å². The predicted octanol–water partition coefficient (Wildman–Crippen LogP) is 0.686. The van der Waals surface area contributed by atoms with Crippen molar-refractivity contribution < 1.29 is 9.18 Å². The fourth-order valence-electron chi connectivity index (χ4n) is 2.77. The Morgan fingerprint density at radius 2 is 2.00 bits per heavy atom.